The highest BCUT2D eigenvalue weighted by Gasteiger charge is 2.11. The fourth-order valence-electron chi connectivity index (χ4n) is 1.90. The Morgan fingerprint density at radius 2 is 1.81 bits per heavy atom. The van der Waals surface area contributed by atoms with Gasteiger partial charge in [0.2, 0.25) is 0 Å². The van der Waals surface area contributed by atoms with Crippen molar-refractivity contribution in [3.05, 3.63) is 54.1 Å². The second-order valence-corrected chi connectivity index (χ2v) is 7.11. The molecular formula is C18H23NOS. The number of nitrogens with one attached hydrogen (secondary N) is 1. The molecule has 3 heteroatoms. The Kier molecular flexibility index (Phi) is 5.32. The van der Waals surface area contributed by atoms with E-state index >= 15 is 0 Å². The molecule has 0 unspecified atom stereocenters. The van der Waals surface area contributed by atoms with Crippen molar-refractivity contribution >= 4 is 11.8 Å². The molecule has 0 aromatic heterocycles. The maximum atomic E-state index is 5.29. The van der Waals surface area contributed by atoms with Crippen LogP contribution >= 0.6 is 11.8 Å². The normalized spacial score (nSPS) is 11.4. The summed E-state index contributed by atoms with van der Waals surface area (Å²) in [7, 11) is 1.70. The van der Waals surface area contributed by atoms with E-state index in [1.807, 2.05) is 12.1 Å². The molecule has 112 valence electrons. The van der Waals surface area contributed by atoms with E-state index in [0.29, 0.717) is 0 Å². The molecular weight excluding hydrogens is 278 g/mol. The van der Waals surface area contributed by atoms with Gasteiger partial charge in [-0.25, -0.2) is 0 Å². The lowest BCUT2D eigenvalue weighted by Gasteiger charge is -2.21. The first-order chi connectivity index (χ1) is 9.98. The fourth-order valence-corrected chi connectivity index (χ4v) is 2.90. The van der Waals surface area contributed by atoms with Crippen LogP contribution in [0.2, 0.25) is 0 Å². The van der Waals surface area contributed by atoms with Crippen LogP contribution < -0.4 is 10.1 Å². The second-order valence-electron chi connectivity index (χ2n) is 5.99. The van der Waals surface area contributed by atoms with Gasteiger partial charge in [-0.2, -0.15) is 0 Å². The van der Waals surface area contributed by atoms with Crippen molar-refractivity contribution in [3.8, 4) is 5.75 Å². The lowest BCUT2D eigenvalue weighted by atomic mass is 10.1. The molecule has 2 rings (SSSR count). The van der Waals surface area contributed by atoms with Gasteiger partial charge in [0.1, 0.15) is 5.75 Å². The molecule has 0 aliphatic rings. The summed E-state index contributed by atoms with van der Waals surface area (Å²) in [5.41, 5.74) is 1.44. The molecule has 0 aliphatic carbocycles. The van der Waals surface area contributed by atoms with E-state index in [1.54, 1.807) is 18.9 Å². The smallest absolute Gasteiger partial charge is 0.119 e. The number of rotatable bonds is 5. The molecule has 0 atom stereocenters. The van der Waals surface area contributed by atoms with Crippen LogP contribution in [0.5, 0.6) is 5.75 Å². The summed E-state index contributed by atoms with van der Waals surface area (Å²) in [5, 5.41) is 3.55. The van der Waals surface area contributed by atoms with Gasteiger partial charge in [-0.1, -0.05) is 36.0 Å². The van der Waals surface area contributed by atoms with Crippen molar-refractivity contribution in [1.82, 2.24) is 5.32 Å². The maximum Gasteiger partial charge on any atom is 0.119 e. The van der Waals surface area contributed by atoms with Crippen LogP contribution in [0.25, 0.3) is 0 Å². The molecule has 0 saturated heterocycles. The Bertz CT molecular complexity index is 590. The van der Waals surface area contributed by atoms with Crippen molar-refractivity contribution in [2.45, 2.75) is 42.6 Å². The average Bonchev–Trinajstić information content (AvgIpc) is 2.46. The quantitative estimate of drug-likeness (QED) is 0.862. The lowest BCUT2D eigenvalue weighted by molar-refractivity contribution is 0.413. The number of hydrogen-bond acceptors (Lipinski definition) is 3. The number of benzene rings is 2. The first kappa shape index (κ1) is 15.9. The zero-order chi connectivity index (χ0) is 15.3. The number of methoxy groups -OCH3 is 1. The summed E-state index contributed by atoms with van der Waals surface area (Å²) in [4.78, 5) is 2.47. The summed E-state index contributed by atoms with van der Waals surface area (Å²) in [6.45, 7) is 7.43. The van der Waals surface area contributed by atoms with Gasteiger partial charge in [-0.05, 0) is 50.6 Å². The summed E-state index contributed by atoms with van der Waals surface area (Å²) in [6, 6.07) is 16.7. The van der Waals surface area contributed by atoms with Gasteiger partial charge in [0.05, 0.1) is 7.11 Å². The first-order valence-corrected chi connectivity index (χ1v) is 7.94. The Labute approximate surface area is 131 Å². The Morgan fingerprint density at radius 3 is 2.52 bits per heavy atom. The third kappa shape index (κ3) is 5.10. The van der Waals surface area contributed by atoms with Crippen LogP contribution in [0.4, 0.5) is 0 Å². The van der Waals surface area contributed by atoms with Crippen LogP contribution in [0.3, 0.4) is 0 Å². The van der Waals surface area contributed by atoms with Crippen LogP contribution in [0, 0.1) is 0 Å². The van der Waals surface area contributed by atoms with Gasteiger partial charge in [-0.3, -0.25) is 0 Å². The third-order valence-electron chi connectivity index (χ3n) is 3.05. The van der Waals surface area contributed by atoms with Crippen molar-refractivity contribution in [3.63, 3.8) is 0 Å². The molecule has 1 N–H and O–H groups in total. The highest BCUT2D eigenvalue weighted by Crippen LogP contribution is 2.32. The van der Waals surface area contributed by atoms with Gasteiger partial charge in [0.25, 0.3) is 0 Å². The van der Waals surface area contributed by atoms with Crippen LogP contribution in [0.1, 0.15) is 26.3 Å². The van der Waals surface area contributed by atoms with E-state index in [0.717, 1.165) is 12.3 Å². The molecule has 0 saturated carbocycles. The standard InChI is InChI=1S/C18H23NOS/c1-18(2,3)19-13-14-8-5-6-11-17(14)21-16-10-7-9-15(12-16)20-4/h5-12,19H,13H2,1-4H3. The monoisotopic (exact) mass is 301 g/mol. The van der Waals surface area contributed by atoms with E-state index in [-0.39, 0.29) is 5.54 Å². The van der Waals surface area contributed by atoms with Crippen molar-refractivity contribution in [1.29, 1.82) is 0 Å². The molecule has 0 spiro atoms. The minimum absolute atomic E-state index is 0.119. The zero-order valence-corrected chi connectivity index (χ0v) is 14.0. The fraction of sp³-hybridized carbons (Fsp3) is 0.333. The Hall–Kier alpha value is -1.45. The molecule has 0 bridgehead atoms. The molecule has 0 radical (unpaired) electrons. The van der Waals surface area contributed by atoms with Crippen LogP contribution in [-0.4, -0.2) is 12.6 Å². The average molecular weight is 301 g/mol. The maximum absolute atomic E-state index is 5.29. The SMILES string of the molecule is COc1cccc(Sc2ccccc2CNC(C)(C)C)c1. The van der Waals surface area contributed by atoms with Crippen LogP contribution in [0.15, 0.2) is 58.3 Å². The number of ether oxygens (including phenoxy) is 1. The molecule has 0 amide bonds. The summed E-state index contributed by atoms with van der Waals surface area (Å²) < 4.78 is 5.29. The van der Waals surface area contributed by atoms with Crippen molar-refractivity contribution in [2.24, 2.45) is 0 Å². The van der Waals surface area contributed by atoms with E-state index in [9.17, 15) is 0 Å². The predicted octanol–water partition coefficient (Wildman–Crippen LogP) is 4.73. The van der Waals surface area contributed by atoms with Gasteiger partial charge in [0, 0.05) is 21.9 Å². The van der Waals surface area contributed by atoms with E-state index in [4.69, 9.17) is 4.74 Å². The van der Waals surface area contributed by atoms with E-state index < -0.39 is 0 Å². The molecule has 2 aromatic carbocycles. The molecule has 0 fully saturated rings. The molecule has 2 aromatic rings. The first-order valence-electron chi connectivity index (χ1n) is 7.13. The third-order valence-corrected chi connectivity index (χ3v) is 4.16. The Morgan fingerprint density at radius 1 is 1.05 bits per heavy atom. The van der Waals surface area contributed by atoms with E-state index in [1.165, 1.54) is 15.4 Å². The Balaban J connectivity index is 2.15. The van der Waals surface area contributed by atoms with Gasteiger partial charge < -0.3 is 10.1 Å². The largest absolute Gasteiger partial charge is 0.497 e. The topological polar surface area (TPSA) is 21.3 Å². The minimum Gasteiger partial charge on any atom is -0.497 e. The minimum atomic E-state index is 0.119. The summed E-state index contributed by atoms with van der Waals surface area (Å²) >= 11 is 1.77. The predicted molar refractivity (Wildman–Crippen MR) is 90.2 cm³/mol. The molecule has 21 heavy (non-hydrogen) atoms. The second kappa shape index (κ2) is 7.01. The number of hydrogen-bond donors (Lipinski definition) is 1. The van der Waals surface area contributed by atoms with Gasteiger partial charge in [-0.15, -0.1) is 0 Å². The highest BCUT2D eigenvalue weighted by atomic mass is 32.2. The van der Waals surface area contributed by atoms with Crippen LogP contribution in [-0.2, 0) is 6.54 Å². The lowest BCUT2D eigenvalue weighted by Crippen LogP contribution is -2.35. The van der Waals surface area contributed by atoms with Crippen molar-refractivity contribution in [2.75, 3.05) is 7.11 Å². The van der Waals surface area contributed by atoms with Gasteiger partial charge in [0.15, 0.2) is 0 Å². The van der Waals surface area contributed by atoms with Crippen molar-refractivity contribution < 1.29 is 4.74 Å². The molecule has 0 aliphatic heterocycles. The molecule has 0 heterocycles. The highest BCUT2D eigenvalue weighted by molar-refractivity contribution is 7.99. The van der Waals surface area contributed by atoms with E-state index in [2.05, 4.69) is 62.5 Å². The molecule has 2 nitrogen and oxygen atoms in total. The zero-order valence-electron chi connectivity index (χ0n) is 13.1. The summed E-state index contributed by atoms with van der Waals surface area (Å²) in [5.74, 6) is 0.894. The van der Waals surface area contributed by atoms with Gasteiger partial charge >= 0.3 is 0 Å². The summed E-state index contributed by atoms with van der Waals surface area (Å²) in [6.07, 6.45) is 0.